The summed E-state index contributed by atoms with van der Waals surface area (Å²) in [5.74, 6) is -0.602. The van der Waals surface area contributed by atoms with Gasteiger partial charge in [0.1, 0.15) is 11.6 Å². The number of amides is 1. The summed E-state index contributed by atoms with van der Waals surface area (Å²) in [6.07, 6.45) is 0. The van der Waals surface area contributed by atoms with Gasteiger partial charge in [-0.25, -0.2) is 4.39 Å². The molecule has 106 valence electrons. The number of rotatable bonds is 2. The highest BCUT2D eigenvalue weighted by Gasteiger charge is 2.19. The summed E-state index contributed by atoms with van der Waals surface area (Å²) in [5.41, 5.74) is 1.02. The molecule has 0 atom stereocenters. The molecule has 0 aromatic heterocycles. The molecule has 4 nitrogen and oxygen atoms in total. The van der Waals surface area contributed by atoms with Gasteiger partial charge in [-0.05, 0) is 52.3 Å². The Balaban J connectivity index is 1.96. The summed E-state index contributed by atoms with van der Waals surface area (Å²) in [6, 6.07) is 8.89. The fourth-order valence-electron chi connectivity index (χ4n) is 2.03. The Morgan fingerprint density at radius 2 is 1.90 bits per heavy atom. The zero-order valence-electron chi connectivity index (χ0n) is 10.7. The van der Waals surface area contributed by atoms with Gasteiger partial charge in [0.2, 0.25) is 0 Å². The van der Waals surface area contributed by atoms with Crippen LogP contribution in [0.1, 0.15) is 15.9 Å². The number of halogens is 2. The van der Waals surface area contributed by atoms with Crippen LogP contribution in [0.5, 0.6) is 5.75 Å². The van der Waals surface area contributed by atoms with Crippen molar-refractivity contribution in [2.45, 2.75) is 0 Å². The maximum atomic E-state index is 13.5. The fourth-order valence-corrected chi connectivity index (χ4v) is 2.28. The minimum absolute atomic E-state index is 0.0434. The Labute approximate surface area is 128 Å². The van der Waals surface area contributed by atoms with E-state index in [9.17, 15) is 14.0 Å². The topological polar surface area (TPSA) is 55.4 Å². The van der Waals surface area contributed by atoms with E-state index in [1.165, 1.54) is 24.3 Å². The maximum absolute atomic E-state index is 13.5. The van der Waals surface area contributed by atoms with E-state index in [1.54, 1.807) is 12.1 Å². The van der Waals surface area contributed by atoms with Crippen LogP contribution in [0.15, 0.2) is 40.9 Å². The smallest absolute Gasteiger partial charge is 0.262 e. The summed E-state index contributed by atoms with van der Waals surface area (Å²) in [7, 11) is 0. The molecule has 0 spiro atoms. The number of carbonyl (C=O) groups excluding carboxylic acids is 2. The van der Waals surface area contributed by atoms with Crippen LogP contribution >= 0.6 is 15.9 Å². The minimum Gasteiger partial charge on any atom is -0.482 e. The molecule has 2 aromatic rings. The predicted molar refractivity (Wildman–Crippen MR) is 78.1 cm³/mol. The average molecular weight is 350 g/mol. The fraction of sp³-hybridized carbons (Fsp3) is 0.0667. The molecule has 3 rings (SSSR count). The molecular formula is C15H9BrFNO3. The molecule has 0 saturated carbocycles. The maximum Gasteiger partial charge on any atom is 0.262 e. The quantitative estimate of drug-likeness (QED) is 0.847. The van der Waals surface area contributed by atoms with Crippen LogP contribution in [0.4, 0.5) is 10.1 Å². The highest BCUT2D eigenvalue weighted by atomic mass is 79.9. The van der Waals surface area contributed by atoms with Gasteiger partial charge in [-0.15, -0.1) is 0 Å². The van der Waals surface area contributed by atoms with Crippen molar-refractivity contribution in [1.29, 1.82) is 0 Å². The van der Waals surface area contributed by atoms with E-state index in [2.05, 4.69) is 21.2 Å². The summed E-state index contributed by atoms with van der Waals surface area (Å²) < 4.78 is 19.0. The molecule has 1 aliphatic heterocycles. The predicted octanol–water partition coefficient (Wildman–Crippen LogP) is 3.15. The van der Waals surface area contributed by atoms with Gasteiger partial charge in [-0.2, -0.15) is 0 Å². The van der Waals surface area contributed by atoms with Gasteiger partial charge in [0, 0.05) is 11.1 Å². The Kier molecular flexibility index (Phi) is 3.47. The highest BCUT2D eigenvalue weighted by molar-refractivity contribution is 9.10. The first-order valence-electron chi connectivity index (χ1n) is 6.11. The SMILES string of the molecule is O=C1COc2ccc(C(=O)c3ccc(Br)c(F)c3)cc2N1. The molecular weight excluding hydrogens is 341 g/mol. The van der Waals surface area contributed by atoms with Crippen molar-refractivity contribution in [2.75, 3.05) is 11.9 Å². The molecule has 21 heavy (non-hydrogen) atoms. The van der Waals surface area contributed by atoms with Crippen LogP contribution in [-0.2, 0) is 4.79 Å². The molecule has 0 bridgehead atoms. The Morgan fingerprint density at radius 1 is 1.19 bits per heavy atom. The molecule has 0 fully saturated rings. The van der Waals surface area contributed by atoms with Crippen LogP contribution < -0.4 is 10.1 Å². The second-order valence-corrected chi connectivity index (χ2v) is 5.36. The monoisotopic (exact) mass is 349 g/mol. The van der Waals surface area contributed by atoms with E-state index < -0.39 is 5.82 Å². The number of benzene rings is 2. The minimum atomic E-state index is -0.504. The van der Waals surface area contributed by atoms with Crippen LogP contribution in [0.3, 0.4) is 0 Å². The second kappa shape index (κ2) is 5.29. The molecule has 1 amide bonds. The van der Waals surface area contributed by atoms with Crippen molar-refractivity contribution < 1.29 is 18.7 Å². The van der Waals surface area contributed by atoms with E-state index in [0.29, 0.717) is 21.5 Å². The van der Waals surface area contributed by atoms with E-state index >= 15 is 0 Å². The Bertz CT molecular complexity index is 761. The molecule has 0 aliphatic carbocycles. The zero-order chi connectivity index (χ0) is 15.0. The van der Waals surface area contributed by atoms with E-state index in [0.717, 1.165) is 0 Å². The largest absolute Gasteiger partial charge is 0.482 e. The summed E-state index contributed by atoms with van der Waals surface area (Å²) in [6.45, 7) is -0.0434. The van der Waals surface area contributed by atoms with Gasteiger partial charge in [0.15, 0.2) is 12.4 Å². The second-order valence-electron chi connectivity index (χ2n) is 4.51. The number of carbonyl (C=O) groups is 2. The third kappa shape index (κ3) is 2.67. The van der Waals surface area contributed by atoms with Crippen LogP contribution in [-0.4, -0.2) is 18.3 Å². The Hall–Kier alpha value is -2.21. The van der Waals surface area contributed by atoms with E-state index in [-0.39, 0.29) is 23.9 Å². The number of hydrogen-bond acceptors (Lipinski definition) is 3. The van der Waals surface area contributed by atoms with Crippen molar-refractivity contribution in [3.63, 3.8) is 0 Å². The Morgan fingerprint density at radius 3 is 2.67 bits per heavy atom. The van der Waals surface area contributed by atoms with Crippen molar-refractivity contribution in [1.82, 2.24) is 0 Å². The number of fused-ring (bicyclic) bond motifs is 1. The average Bonchev–Trinajstić information content (AvgIpc) is 2.48. The van der Waals surface area contributed by atoms with Gasteiger partial charge in [0.05, 0.1) is 10.2 Å². The molecule has 1 heterocycles. The molecule has 6 heteroatoms. The van der Waals surface area contributed by atoms with Gasteiger partial charge in [0.25, 0.3) is 5.91 Å². The molecule has 0 unspecified atom stereocenters. The lowest BCUT2D eigenvalue weighted by atomic mass is 10.0. The van der Waals surface area contributed by atoms with Crippen molar-refractivity contribution in [2.24, 2.45) is 0 Å². The van der Waals surface area contributed by atoms with Gasteiger partial charge < -0.3 is 10.1 Å². The van der Waals surface area contributed by atoms with Crippen molar-refractivity contribution in [3.05, 3.63) is 57.8 Å². The number of hydrogen-bond donors (Lipinski definition) is 1. The number of nitrogens with one attached hydrogen (secondary N) is 1. The van der Waals surface area contributed by atoms with Crippen molar-refractivity contribution >= 4 is 33.3 Å². The first-order chi connectivity index (χ1) is 10.0. The standard InChI is InChI=1S/C15H9BrFNO3/c16-10-3-1-8(5-11(10)17)15(20)9-2-4-13-12(6-9)18-14(19)7-21-13/h1-6H,7H2,(H,18,19). The number of anilines is 1. The van der Waals surface area contributed by atoms with Crippen molar-refractivity contribution in [3.8, 4) is 5.75 Å². The van der Waals surface area contributed by atoms with E-state index in [1.807, 2.05) is 0 Å². The lowest BCUT2D eigenvalue weighted by molar-refractivity contribution is -0.118. The lowest BCUT2D eigenvalue weighted by Gasteiger charge is -2.18. The zero-order valence-corrected chi connectivity index (χ0v) is 12.2. The molecule has 1 N–H and O–H groups in total. The van der Waals surface area contributed by atoms with Crippen LogP contribution in [0.25, 0.3) is 0 Å². The first-order valence-corrected chi connectivity index (χ1v) is 6.90. The summed E-state index contributed by atoms with van der Waals surface area (Å²) >= 11 is 3.04. The van der Waals surface area contributed by atoms with E-state index in [4.69, 9.17) is 4.74 Å². The molecule has 2 aromatic carbocycles. The normalized spacial score (nSPS) is 13.1. The number of ketones is 1. The third-order valence-electron chi connectivity index (χ3n) is 3.06. The number of ether oxygens (including phenoxy) is 1. The summed E-state index contributed by atoms with van der Waals surface area (Å²) in [5, 5.41) is 2.63. The van der Waals surface area contributed by atoms with Crippen LogP contribution in [0, 0.1) is 5.82 Å². The van der Waals surface area contributed by atoms with Gasteiger partial charge in [-0.3, -0.25) is 9.59 Å². The first kappa shape index (κ1) is 13.8. The summed E-state index contributed by atoms with van der Waals surface area (Å²) in [4.78, 5) is 23.6. The molecule has 0 radical (unpaired) electrons. The van der Waals surface area contributed by atoms with Crippen LogP contribution in [0.2, 0.25) is 0 Å². The van der Waals surface area contributed by atoms with Gasteiger partial charge in [-0.1, -0.05) is 0 Å². The molecule has 0 saturated heterocycles. The van der Waals surface area contributed by atoms with Gasteiger partial charge >= 0.3 is 0 Å². The lowest BCUT2D eigenvalue weighted by Crippen LogP contribution is -2.25. The third-order valence-corrected chi connectivity index (χ3v) is 3.70. The molecule has 1 aliphatic rings. The highest BCUT2D eigenvalue weighted by Crippen LogP contribution is 2.29.